The third-order valence-electron chi connectivity index (χ3n) is 3.00. The van der Waals surface area contributed by atoms with Crippen molar-refractivity contribution >= 4 is 23.9 Å². The van der Waals surface area contributed by atoms with E-state index in [1.165, 1.54) is 11.1 Å². The van der Waals surface area contributed by atoms with Crippen molar-refractivity contribution in [1.29, 1.82) is 0 Å². The molecule has 17 heavy (non-hydrogen) atoms. The standard InChI is InChI=1S/C12H15BrO3P/c1-12-14-17(15-12,16-12)9-7-11-4-2-10(3-5-11)6-8-13/h2-5H,6-9H2,1H3/q+1. The molecular weight excluding hydrogens is 303 g/mol. The van der Waals surface area contributed by atoms with Gasteiger partial charge >= 0.3 is 13.9 Å². The van der Waals surface area contributed by atoms with Crippen LogP contribution in [0.15, 0.2) is 24.3 Å². The third kappa shape index (κ3) is 2.29. The predicted octanol–water partition coefficient (Wildman–Crippen LogP) is 3.68. The monoisotopic (exact) mass is 317 g/mol. The van der Waals surface area contributed by atoms with E-state index < -0.39 is 13.9 Å². The maximum absolute atomic E-state index is 5.55. The van der Waals surface area contributed by atoms with E-state index in [4.69, 9.17) is 13.6 Å². The van der Waals surface area contributed by atoms with Crippen molar-refractivity contribution in [1.82, 2.24) is 0 Å². The van der Waals surface area contributed by atoms with Gasteiger partial charge in [0.1, 0.15) is 6.16 Å². The van der Waals surface area contributed by atoms with Gasteiger partial charge in [-0.1, -0.05) is 40.2 Å². The molecule has 0 amide bonds. The van der Waals surface area contributed by atoms with Crippen LogP contribution in [0.1, 0.15) is 18.1 Å². The smallest absolute Gasteiger partial charge is 0.103 e. The maximum Gasteiger partial charge on any atom is 0.430 e. The highest BCUT2D eigenvalue weighted by Crippen LogP contribution is 2.88. The zero-order valence-electron chi connectivity index (χ0n) is 9.69. The van der Waals surface area contributed by atoms with E-state index in [0.29, 0.717) is 0 Å². The average Bonchev–Trinajstić information content (AvgIpc) is 2.24. The molecule has 0 aromatic heterocycles. The van der Waals surface area contributed by atoms with Crippen molar-refractivity contribution in [3.05, 3.63) is 35.4 Å². The fourth-order valence-corrected chi connectivity index (χ4v) is 4.98. The third-order valence-corrected chi connectivity index (χ3v) is 5.99. The van der Waals surface area contributed by atoms with Gasteiger partial charge in [0.2, 0.25) is 0 Å². The Morgan fingerprint density at radius 1 is 1.06 bits per heavy atom. The van der Waals surface area contributed by atoms with E-state index in [-0.39, 0.29) is 0 Å². The molecule has 2 bridgehead atoms. The minimum Gasteiger partial charge on any atom is -0.103 e. The van der Waals surface area contributed by atoms with Crippen LogP contribution in [-0.4, -0.2) is 17.5 Å². The van der Waals surface area contributed by atoms with Gasteiger partial charge in [0, 0.05) is 18.7 Å². The topological polar surface area (TPSA) is 27.7 Å². The number of aryl methyl sites for hydroxylation is 2. The fourth-order valence-electron chi connectivity index (χ4n) is 2.16. The van der Waals surface area contributed by atoms with Crippen molar-refractivity contribution < 1.29 is 13.6 Å². The van der Waals surface area contributed by atoms with Crippen LogP contribution in [0.4, 0.5) is 0 Å². The van der Waals surface area contributed by atoms with Gasteiger partial charge in [-0.3, -0.25) is 0 Å². The number of hydrogen-bond acceptors (Lipinski definition) is 3. The van der Waals surface area contributed by atoms with Crippen molar-refractivity contribution in [2.75, 3.05) is 11.5 Å². The highest BCUT2D eigenvalue weighted by atomic mass is 79.9. The van der Waals surface area contributed by atoms with Gasteiger partial charge in [0.05, 0.1) is 0 Å². The second kappa shape index (κ2) is 4.29. The number of benzene rings is 1. The first-order valence-electron chi connectivity index (χ1n) is 5.77. The molecule has 1 aromatic carbocycles. The first kappa shape index (κ1) is 12.1. The Labute approximate surface area is 110 Å². The predicted molar refractivity (Wildman–Crippen MR) is 71.1 cm³/mol. The van der Waals surface area contributed by atoms with Crippen LogP contribution in [0.5, 0.6) is 0 Å². The lowest BCUT2D eigenvalue weighted by Crippen LogP contribution is -2.58. The quantitative estimate of drug-likeness (QED) is 0.612. The van der Waals surface area contributed by atoms with E-state index >= 15 is 0 Å². The molecule has 0 unspecified atom stereocenters. The van der Waals surface area contributed by atoms with E-state index in [1.54, 1.807) is 0 Å². The summed E-state index contributed by atoms with van der Waals surface area (Å²) in [6.45, 7) is 1.81. The van der Waals surface area contributed by atoms with Crippen molar-refractivity contribution in [3.63, 3.8) is 0 Å². The van der Waals surface area contributed by atoms with Gasteiger partial charge in [0.25, 0.3) is 0 Å². The molecule has 0 atom stereocenters. The minimum absolute atomic E-state index is 0.687. The molecule has 0 radical (unpaired) electrons. The highest BCUT2D eigenvalue weighted by Gasteiger charge is 2.85. The van der Waals surface area contributed by atoms with Crippen molar-refractivity contribution in [3.8, 4) is 0 Å². The van der Waals surface area contributed by atoms with Crippen LogP contribution in [0, 0.1) is 0 Å². The second-order valence-electron chi connectivity index (χ2n) is 4.48. The van der Waals surface area contributed by atoms with Crippen LogP contribution < -0.4 is 0 Å². The molecule has 1 aromatic rings. The van der Waals surface area contributed by atoms with Crippen LogP contribution in [0.2, 0.25) is 0 Å². The number of halogens is 1. The van der Waals surface area contributed by atoms with Gasteiger partial charge in [-0.2, -0.15) is 0 Å². The van der Waals surface area contributed by atoms with Crippen LogP contribution >= 0.6 is 23.9 Å². The second-order valence-corrected chi connectivity index (χ2v) is 7.49. The molecule has 4 rings (SSSR count). The Kier molecular flexibility index (Phi) is 3.04. The summed E-state index contributed by atoms with van der Waals surface area (Å²) in [5.74, 6) is -0.687. The van der Waals surface area contributed by atoms with Crippen molar-refractivity contribution in [2.45, 2.75) is 25.7 Å². The summed E-state index contributed by atoms with van der Waals surface area (Å²) in [5.41, 5.74) is 2.68. The normalized spacial score (nSPS) is 34.0. The zero-order valence-corrected chi connectivity index (χ0v) is 12.2. The Balaban J connectivity index is 1.52. The summed E-state index contributed by atoms with van der Waals surface area (Å²) in [4.78, 5) is 0. The SMILES string of the molecule is CC12O[P+](CCc3ccc(CCBr)cc3)(O1)O2. The molecule has 3 heterocycles. The molecule has 0 spiro atoms. The molecule has 0 N–H and O–H groups in total. The molecule has 3 fully saturated rings. The average molecular weight is 318 g/mol. The lowest BCUT2D eigenvalue weighted by molar-refractivity contribution is -0.413. The van der Waals surface area contributed by atoms with E-state index in [9.17, 15) is 0 Å². The lowest BCUT2D eigenvalue weighted by atomic mass is 10.1. The summed E-state index contributed by atoms with van der Waals surface area (Å²) in [6, 6.07) is 8.71. The summed E-state index contributed by atoms with van der Waals surface area (Å²) in [7, 11) is -1.86. The van der Waals surface area contributed by atoms with Gasteiger partial charge in [0.15, 0.2) is 0 Å². The Bertz CT molecular complexity index is 400. The highest BCUT2D eigenvalue weighted by molar-refractivity contribution is 9.09. The summed E-state index contributed by atoms with van der Waals surface area (Å²) < 4.78 is 16.6. The molecule has 5 heteroatoms. The zero-order chi connectivity index (χ0) is 11.9. The Morgan fingerprint density at radius 2 is 1.59 bits per heavy atom. The van der Waals surface area contributed by atoms with Gasteiger partial charge in [-0.25, -0.2) is 0 Å². The fraction of sp³-hybridized carbons (Fsp3) is 0.500. The molecule has 3 aliphatic rings. The molecule has 3 nitrogen and oxygen atoms in total. The molecule has 3 saturated heterocycles. The molecular formula is C12H15BrO3P+. The number of hydrogen-bond donors (Lipinski definition) is 0. The van der Waals surface area contributed by atoms with Crippen LogP contribution in [0.25, 0.3) is 0 Å². The largest absolute Gasteiger partial charge is 0.430 e. The molecule has 0 aliphatic carbocycles. The van der Waals surface area contributed by atoms with Gasteiger partial charge in [-0.15, -0.1) is 13.6 Å². The lowest BCUT2D eigenvalue weighted by Gasteiger charge is -2.51. The van der Waals surface area contributed by atoms with Crippen LogP contribution in [0.3, 0.4) is 0 Å². The Morgan fingerprint density at radius 3 is 2.06 bits per heavy atom. The number of rotatable bonds is 5. The summed E-state index contributed by atoms with van der Waals surface area (Å²) in [5, 5.41) is 1.01. The van der Waals surface area contributed by atoms with Crippen molar-refractivity contribution in [2.24, 2.45) is 0 Å². The summed E-state index contributed by atoms with van der Waals surface area (Å²) >= 11 is 3.44. The first-order valence-corrected chi connectivity index (χ1v) is 8.62. The van der Waals surface area contributed by atoms with E-state index in [1.807, 2.05) is 6.92 Å². The Hall–Kier alpha value is 0.01000. The number of alkyl halides is 1. The van der Waals surface area contributed by atoms with E-state index in [0.717, 1.165) is 24.3 Å². The summed E-state index contributed by atoms with van der Waals surface area (Å²) in [6.07, 6.45) is 2.89. The maximum atomic E-state index is 5.55. The molecule has 3 aliphatic heterocycles. The first-order chi connectivity index (χ1) is 8.13. The van der Waals surface area contributed by atoms with E-state index in [2.05, 4.69) is 40.2 Å². The van der Waals surface area contributed by atoms with Gasteiger partial charge < -0.3 is 0 Å². The molecule has 92 valence electrons. The molecule has 0 saturated carbocycles. The van der Waals surface area contributed by atoms with Crippen LogP contribution in [-0.2, 0) is 26.4 Å². The minimum atomic E-state index is -1.86. The van der Waals surface area contributed by atoms with Gasteiger partial charge in [-0.05, 0) is 17.5 Å².